The molecule has 58 valence electrons. The number of aryl methyl sites for hydroxylation is 1. The summed E-state index contributed by atoms with van der Waals surface area (Å²) in [6.07, 6.45) is 0. The fraction of sp³-hybridized carbons (Fsp3) is 0.0909. The van der Waals surface area contributed by atoms with E-state index in [1.807, 2.05) is 12.1 Å². The van der Waals surface area contributed by atoms with Gasteiger partial charge in [0.15, 0.2) is 0 Å². The van der Waals surface area contributed by atoms with E-state index in [4.69, 9.17) is 4.42 Å². The van der Waals surface area contributed by atoms with Gasteiger partial charge in [-0.25, -0.2) is 0 Å². The summed E-state index contributed by atoms with van der Waals surface area (Å²) in [7, 11) is 0. The van der Waals surface area contributed by atoms with Gasteiger partial charge in [-0.15, -0.1) is 0 Å². The Morgan fingerprint density at radius 1 is 1.08 bits per heavy atom. The van der Waals surface area contributed by atoms with Crippen molar-refractivity contribution in [1.29, 1.82) is 0 Å². The van der Waals surface area contributed by atoms with Gasteiger partial charge in [-0.05, 0) is 18.6 Å². The maximum absolute atomic E-state index is 5.60. The lowest BCUT2D eigenvalue weighted by molar-refractivity contribution is 0.677. The average molecular weight is 156 g/mol. The molecule has 1 nitrogen and oxygen atoms in total. The Morgan fingerprint density at radius 3 is 2.67 bits per heavy atom. The standard InChI is InChI=1S/C11H8O/c1-7-6-10-8-4-2-3-5-9(8)11(7)12-10/h2-6H,1H3. The van der Waals surface area contributed by atoms with Crippen molar-refractivity contribution in [3.05, 3.63) is 35.9 Å². The predicted octanol–water partition coefficient (Wildman–Crippen LogP) is 3.33. The molecular formula is C11H8O. The molecule has 0 amide bonds. The smallest absolute Gasteiger partial charge is 0.138 e. The fourth-order valence-corrected chi connectivity index (χ4v) is 1.78. The van der Waals surface area contributed by atoms with Gasteiger partial charge in [0.1, 0.15) is 11.2 Å². The van der Waals surface area contributed by atoms with Crippen molar-refractivity contribution in [1.82, 2.24) is 0 Å². The van der Waals surface area contributed by atoms with Gasteiger partial charge < -0.3 is 4.42 Å². The van der Waals surface area contributed by atoms with Crippen molar-refractivity contribution < 1.29 is 4.42 Å². The van der Waals surface area contributed by atoms with Crippen LogP contribution >= 0.6 is 0 Å². The second-order valence-corrected chi connectivity index (χ2v) is 3.17. The Hall–Kier alpha value is -1.50. The lowest BCUT2D eigenvalue weighted by atomic mass is 10.1. The Morgan fingerprint density at radius 2 is 1.83 bits per heavy atom. The molecule has 0 aliphatic carbocycles. The van der Waals surface area contributed by atoms with Crippen LogP contribution in [0, 0.1) is 6.92 Å². The minimum Gasteiger partial charge on any atom is -0.456 e. The van der Waals surface area contributed by atoms with Crippen LogP contribution in [0.25, 0.3) is 21.9 Å². The monoisotopic (exact) mass is 156 g/mol. The molecule has 2 aromatic heterocycles. The molecule has 0 unspecified atom stereocenters. The molecule has 2 heterocycles. The summed E-state index contributed by atoms with van der Waals surface area (Å²) < 4.78 is 5.60. The summed E-state index contributed by atoms with van der Waals surface area (Å²) in [5, 5.41) is 2.48. The van der Waals surface area contributed by atoms with E-state index in [0.29, 0.717) is 0 Å². The first-order valence-corrected chi connectivity index (χ1v) is 4.06. The maximum Gasteiger partial charge on any atom is 0.138 e. The summed E-state index contributed by atoms with van der Waals surface area (Å²) in [5.74, 6) is 0. The van der Waals surface area contributed by atoms with Crippen molar-refractivity contribution >= 4 is 21.9 Å². The molecule has 12 heavy (non-hydrogen) atoms. The van der Waals surface area contributed by atoms with Gasteiger partial charge in [-0.3, -0.25) is 0 Å². The summed E-state index contributed by atoms with van der Waals surface area (Å²) >= 11 is 0. The Balaban J connectivity index is 2.70. The number of rotatable bonds is 0. The van der Waals surface area contributed by atoms with Crippen molar-refractivity contribution in [3.8, 4) is 0 Å². The van der Waals surface area contributed by atoms with Gasteiger partial charge in [0.05, 0.1) is 0 Å². The van der Waals surface area contributed by atoms with Gasteiger partial charge in [-0.1, -0.05) is 24.3 Å². The molecule has 0 saturated heterocycles. The molecule has 1 aromatic carbocycles. The predicted molar refractivity (Wildman–Crippen MR) is 49.6 cm³/mol. The van der Waals surface area contributed by atoms with Crippen LogP contribution in [-0.4, -0.2) is 0 Å². The topological polar surface area (TPSA) is 13.1 Å². The first-order chi connectivity index (χ1) is 5.86. The average Bonchev–Trinajstić information content (AvgIpc) is 2.62. The minimum atomic E-state index is 1.01. The zero-order valence-electron chi connectivity index (χ0n) is 6.79. The SMILES string of the molecule is Cc1cc2oc1c1ccccc21. The van der Waals surface area contributed by atoms with E-state index in [0.717, 1.165) is 11.2 Å². The Labute approximate surface area is 69.9 Å². The molecule has 3 rings (SSSR count). The highest BCUT2D eigenvalue weighted by Crippen LogP contribution is 2.33. The summed E-state index contributed by atoms with van der Waals surface area (Å²) in [6.45, 7) is 2.08. The minimum absolute atomic E-state index is 1.01. The molecule has 3 aromatic rings. The molecule has 0 radical (unpaired) electrons. The van der Waals surface area contributed by atoms with Crippen molar-refractivity contribution in [2.75, 3.05) is 0 Å². The van der Waals surface area contributed by atoms with Crippen molar-refractivity contribution in [2.24, 2.45) is 0 Å². The van der Waals surface area contributed by atoms with E-state index in [2.05, 4.69) is 25.1 Å². The molecular weight excluding hydrogens is 148 g/mol. The number of benzene rings is 2. The summed E-state index contributed by atoms with van der Waals surface area (Å²) in [5.41, 5.74) is 3.29. The molecule has 1 heteroatoms. The zero-order chi connectivity index (χ0) is 8.13. The van der Waals surface area contributed by atoms with Crippen LogP contribution in [0.15, 0.2) is 34.7 Å². The first-order valence-electron chi connectivity index (χ1n) is 4.06. The van der Waals surface area contributed by atoms with Crippen LogP contribution in [-0.2, 0) is 0 Å². The second kappa shape index (κ2) is 1.81. The lowest BCUT2D eigenvalue weighted by Gasteiger charge is -1.90. The third kappa shape index (κ3) is 0.549. The normalized spacial score (nSPS) is 11.8. The Bertz CT molecular complexity index is 533. The van der Waals surface area contributed by atoms with Gasteiger partial charge in [-0.2, -0.15) is 0 Å². The summed E-state index contributed by atoms with van der Waals surface area (Å²) in [4.78, 5) is 0. The number of hydrogen-bond acceptors (Lipinski definition) is 1. The van der Waals surface area contributed by atoms with Gasteiger partial charge in [0.2, 0.25) is 0 Å². The molecule has 0 fully saturated rings. The van der Waals surface area contributed by atoms with Crippen molar-refractivity contribution in [3.63, 3.8) is 0 Å². The lowest BCUT2D eigenvalue weighted by Crippen LogP contribution is -1.70. The molecule has 0 atom stereocenters. The zero-order valence-corrected chi connectivity index (χ0v) is 6.79. The third-order valence-corrected chi connectivity index (χ3v) is 2.35. The van der Waals surface area contributed by atoms with Crippen LogP contribution in [0.3, 0.4) is 0 Å². The van der Waals surface area contributed by atoms with Crippen molar-refractivity contribution in [2.45, 2.75) is 6.92 Å². The van der Waals surface area contributed by atoms with Gasteiger partial charge in [0, 0.05) is 10.8 Å². The molecule has 0 N–H and O–H groups in total. The maximum atomic E-state index is 5.60. The highest BCUT2D eigenvalue weighted by molar-refractivity contribution is 6.08. The third-order valence-electron chi connectivity index (χ3n) is 2.35. The van der Waals surface area contributed by atoms with Crippen LogP contribution in [0.5, 0.6) is 0 Å². The second-order valence-electron chi connectivity index (χ2n) is 3.17. The molecule has 0 saturated carbocycles. The van der Waals surface area contributed by atoms with Crippen LogP contribution in [0.4, 0.5) is 0 Å². The van der Waals surface area contributed by atoms with Gasteiger partial charge in [0.25, 0.3) is 0 Å². The Kier molecular flexibility index (Phi) is 0.912. The highest BCUT2D eigenvalue weighted by Gasteiger charge is 2.10. The largest absolute Gasteiger partial charge is 0.456 e. The quantitative estimate of drug-likeness (QED) is 0.486. The van der Waals surface area contributed by atoms with E-state index in [9.17, 15) is 0 Å². The molecule has 0 aliphatic rings. The molecule has 2 bridgehead atoms. The van der Waals surface area contributed by atoms with E-state index < -0.39 is 0 Å². The van der Waals surface area contributed by atoms with Crippen LogP contribution < -0.4 is 0 Å². The van der Waals surface area contributed by atoms with E-state index in [1.54, 1.807) is 0 Å². The van der Waals surface area contributed by atoms with E-state index in [-0.39, 0.29) is 0 Å². The summed E-state index contributed by atoms with van der Waals surface area (Å²) in [6, 6.07) is 10.4. The fourth-order valence-electron chi connectivity index (χ4n) is 1.78. The van der Waals surface area contributed by atoms with E-state index in [1.165, 1.54) is 16.3 Å². The van der Waals surface area contributed by atoms with E-state index >= 15 is 0 Å². The first kappa shape index (κ1) is 6.06. The highest BCUT2D eigenvalue weighted by atomic mass is 16.3. The van der Waals surface area contributed by atoms with Crippen LogP contribution in [0.1, 0.15) is 5.56 Å². The van der Waals surface area contributed by atoms with Crippen LogP contribution in [0.2, 0.25) is 0 Å². The molecule has 0 aliphatic heterocycles. The number of fused-ring (bicyclic) bond motifs is 5. The van der Waals surface area contributed by atoms with Gasteiger partial charge >= 0.3 is 0 Å². The number of hydrogen-bond donors (Lipinski definition) is 0. The number of furan rings is 2. The molecule has 0 spiro atoms.